The first-order valence-electron chi connectivity index (χ1n) is 4.82. The molecule has 16 heavy (non-hydrogen) atoms. The minimum atomic E-state index is -0.731. The van der Waals surface area contributed by atoms with Gasteiger partial charge in [-0.3, -0.25) is 0 Å². The molecule has 0 bridgehead atoms. The zero-order valence-corrected chi connectivity index (χ0v) is 9.38. The molecule has 0 aliphatic carbocycles. The van der Waals surface area contributed by atoms with Crippen LogP contribution >= 0.6 is 11.6 Å². The van der Waals surface area contributed by atoms with E-state index >= 15 is 0 Å². The lowest BCUT2D eigenvalue weighted by atomic mass is 10.2. The van der Waals surface area contributed by atoms with Crippen molar-refractivity contribution in [3.8, 4) is 5.88 Å². The first-order chi connectivity index (χ1) is 7.70. The lowest BCUT2D eigenvalue weighted by molar-refractivity contribution is 0.103. The van der Waals surface area contributed by atoms with E-state index in [0.717, 1.165) is 10.9 Å². The molecule has 5 heteroatoms. The third kappa shape index (κ3) is 2.12. The standard InChI is InChI=1S/C11H10ClNO3/c1-2-15-11(14)16-10-6-7-8(12)4-3-5-9(7)13-10/h3-6,13H,2H2,1H3. The molecule has 0 fully saturated rings. The highest BCUT2D eigenvalue weighted by Gasteiger charge is 2.09. The second-order valence-electron chi connectivity index (χ2n) is 3.12. The lowest BCUT2D eigenvalue weighted by Crippen LogP contribution is -2.09. The van der Waals surface area contributed by atoms with Gasteiger partial charge in [0.1, 0.15) is 0 Å². The van der Waals surface area contributed by atoms with Crippen molar-refractivity contribution in [2.75, 3.05) is 6.61 Å². The van der Waals surface area contributed by atoms with Gasteiger partial charge in [0.05, 0.1) is 11.6 Å². The number of nitrogens with one attached hydrogen (secondary N) is 1. The molecule has 1 aromatic heterocycles. The predicted molar refractivity (Wildman–Crippen MR) is 61.0 cm³/mol. The summed E-state index contributed by atoms with van der Waals surface area (Å²) in [7, 11) is 0. The van der Waals surface area contributed by atoms with E-state index in [1.807, 2.05) is 12.1 Å². The van der Waals surface area contributed by atoms with Crippen LogP contribution in [0, 0.1) is 0 Å². The minimum Gasteiger partial charge on any atom is -0.434 e. The summed E-state index contributed by atoms with van der Waals surface area (Å²) >= 11 is 5.98. The van der Waals surface area contributed by atoms with Crippen molar-refractivity contribution >= 4 is 28.7 Å². The highest BCUT2D eigenvalue weighted by molar-refractivity contribution is 6.35. The molecule has 84 valence electrons. The summed E-state index contributed by atoms with van der Waals surface area (Å²) in [5.74, 6) is 0.321. The molecular formula is C11H10ClNO3. The van der Waals surface area contributed by atoms with Crippen molar-refractivity contribution in [1.82, 2.24) is 4.98 Å². The highest BCUT2D eigenvalue weighted by atomic mass is 35.5. The van der Waals surface area contributed by atoms with Crippen LogP contribution in [0.15, 0.2) is 24.3 Å². The van der Waals surface area contributed by atoms with Crippen molar-refractivity contribution < 1.29 is 14.3 Å². The first-order valence-corrected chi connectivity index (χ1v) is 5.20. The Morgan fingerprint density at radius 2 is 2.31 bits per heavy atom. The van der Waals surface area contributed by atoms with Crippen LogP contribution in [0.4, 0.5) is 4.79 Å². The topological polar surface area (TPSA) is 51.3 Å². The third-order valence-electron chi connectivity index (χ3n) is 2.04. The number of benzene rings is 1. The van der Waals surface area contributed by atoms with Crippen LogP contribution in [0.3, 0.4) is 0 Å². The van der Waals surface area contributed by atoms with Crippen LogP contribution < -0.4 is 4.74 Å². The maximum absolute atomic E-state index is 11.1. The van der Waals surface area contributed by atoms with Crippen LogP contribution in [0.5, 0.6) is 5.88 Å². The summed E-state index contributed by atoms with van der Waals surface area (Å²) in [6, 6.07) is 7.09. The first kappa shape index (κ1) is 10.8. The third-order valence-corrected chi connectivity index (χ3v) is 2.37. The quantitative estimate of drug-likeness (QED) is 0.818. The number of carbonyl (C=O) groups is 1. The van der Waals surface area contributed by atoms with Crippen LogP contribution in [0.25, 0.3) is 10.9 Å². The zero-order valence-electron chi connectivity index (χ0n) is 8.62. The van der Waals surface area contributed by atoms with Gasteiger partial charge in [-0.2, -0.15) is 0 Å². The number of hydrogen-bond donors (Lipinski definition) is 1. The summed E-state index contributed by atoms with van der Waals surface area (Å²) in [6.07, 6.45) is -0.731. The summed E-state index contributed by atoms with van der Waals surface area (Å²) < 4.78 is 9.58. The second kappa shape index (κ2) is 4.45. The van der Waals surface area contributed by atoms with E-state index in [-0.39, 0.29) is 6.61 Å². The van der Waals surface area contributed by atoms with Crippen LogP contribution in [-0.2, 0) is 4.74 Å². The molecular weight excluding hydrogens is 230 g/mol. The van der Waals surface area contributed by atoms with Gasteiger partial charge in [0.15, 0.2) is 0 Å². The van der Waals surface area contributed by atoms with Crippen LogP contribution in [0.2, 0.25) is 5.02 Å². The van der Waals surface area contributed by atoms with Gasteiger partial charge in [-0.25, -0.2) is 4.79 Å². The van der Waals surface area contributed by atoms with E-state index in [1.54, 1.807) is 19.1 Å². The van der Waals surface area contributed by atoms with Gasteiger partial charge >= 0.3 is 6.16 Å². The largest absolute Gasteiger partial charge is 0.515 e. The number of rotatable bonds is 2. The Hall–Kier alpha value is -1.68. The number of halogens is 1. The van der Waals surface area contributed by atoms with E-state index in [0.29, 0.717) is 10.9 Å². The summed E-state index contributed by atoms with van der Waals surface area (Å²) in [5.41, 5.74) is 0.812. The Labute approximate surface area is 97.1 Å². The number of carbonyl (C=O) groups excluding carboxylic acids is 1. The molecule has 0 aliphatic heterocycles. The fourth-order valence-electron chi connectivity index (χ4n) is 1.38. The lowest BCUT2D eigenvalue weighted by Gasteiger charge is -1.99. The van der Waals surface area contributed by atoms with Crippen LogP contribution in [-0.4, -0.2) is 17.7 Å². The van der Waals surface area contributed by atoms with Gasteiger partial charge in [0.2, 0.25) is 5.88 Å². The number of ether oxygens (including phenoxy) is 2. The number of aromatic nitrogens is 1. The average Bonchev–Trinajstić information content (AvgIpc) is 2.62. The van der Waals surface area contributed by atoms with Gasteiger partial charge in [0.25, 0.3) is 0 Å². The molecule has 1 aromatic carbocycles. The normalized spacial score (nSPS) is 10.4. The predicted octanol–water partition coefficient (Wildman–Crippen LogP) is 3.36. The Balaban J connectivity index is 2.26. The fraction of sp³-hybridized carbons (Fsp3) is 0.182. The van der Waals surface area contributed by atoms with Crippen molar-refractivity contribution in [2.45, 2.75) is 6.92 Å². The Kier molecular flexibility index (Phi) is 3.01. The van der Waals surface area contributed by atoms with Crippen molar-refractivity contribution in [3.05, 3.63) is 29.3 Å². The molecule has 2 rings (SSSR count). The van der Waals surface area contributed by atoms with Gasteiger partial charge in [-0.15, -0.1) is 0 Å². The fourth-order valence-corrected chi connectivity index (χ4v) is 1.61. The van der Waals surface area contributed by atoms with Crippen molar-refractivity contribution in [2.24, 2.45) is 0 Å². The second-order valence-corrected chi connectivity index (χ2v) is 3.53. The molecule has 0 aliphatic rings. The number of H-pyrrole nitrogens is 1. The Bertz CT molecular complexity index is 521. The summed E-state index contributed by atoms with van der Waals surface area (Å²) in [4.78, 5) is 14.0. The molecule has 2 aromatic rings. The van der Waals surface area contributed by atoms with E-state index in [4.69, 9.17) is 16.3 Å². The van der Waals surface area contributed by atoms with E-state index < -0.39 is 6.16 Å². The molecule has 0 amide bonds. The summed E-state index contributed by atoms with van der Waals surface area (Å²) in [6.45, 7) is 1.99. The highest BCUT2D eigenvalue weighted by Crippen LogP contribution is 2.27. The van der Waals surface area contributed by atoms with E-state index in [1.165, 1.54) is 0 Å². The van der Waals surface area contributed by atoms with E-state index in [2.05, 4.69) is 9.72 Å². The summed E-state index contributed by atoms with van der Waals surface area (Å²) in [5, 5.41) is 1.41. The van der Waals surface area contributed by atoms with Gasteiger partial charge in [-0.05, 0) is 19.1 Å². The molecule has 4 nitrogen and oxygen atoms in total. The number of hydrogen-bond acceptors (Lipinski definition) is 3. The molecule has 0 unspecified atom stereocenters. The zero-order chi connectivity index (χ0) is 11.5. The SMILES string of the molecule is CCOC(=O)Oc1cc2c(Cl)cccc2[nH]1. The van der Waals surface area contributed by atoms with Crippen molar-refractivity contribution in [1.29, 1.82) is 0 Å². The molecule has 0 radical (unpaired) electrons. The molecule has 1 N–H and O–H groups in total. The van der Waals surface area contributed by atoms with Crippen LogP contribution in [0.1, 0.15) is 6.92 Å². The minimum absolute atomic E-state index is 0.278. The maximum atomic E-state index is 11.1. The molecule has 0 saturated heterocycles. The Morgan fingerprint density at radius 1 is 1.50 bits per heavy atom. The van der Waals surface area contributed by atoms with E-state index in [9.17, 15) is 4.79 Å². The molecule has 0 atom stereocenters. The molecule has 1 heterocycles. The monoisotopic (exact) mass is 239 g/mol. The van der Waals surface area contributed by atoms with Gasteiger partial charge in [0, 0.05) is 17.0 Å². The van der Waals surface area contributed by atoms with Crippen molar-refractivity contribution in [3.63, 3.8) is 0 Å². The Morgan fingerprint density at radius 3 is 3.00 bits per heavy atom. The average molecular weight is 240 g/mol. The maximum Gasteiger partial charge on any atom is 0.515 e. The molecule has 0 saturated carbocycles. The smallest absolute Gasteiger partial charge is 0.434 e. The molecule has 0 spiro atoms. The van der Waals surface area contributed by atoms with Gasteiger partial charge in [-0.1, -0.05) is 17.7 Å². The van der Waals surface area contributed by atoms with Gasteiger partial charge < -0.3 is 14.5 Å². The number of aromatic amines is 1. The number of fused-ring (bicyclic) bond motifs is 1.